The van der Waals surface area contributed by atoms with Gasteiger partial charge < -0.3 is 5.32 Å². The zero-order valence-corrected chi connectivity index (χ0v) is 11.9. The molecule has 0 aliphatic carbocycles. The Morgan fingerprint density at radius 3 is 2.71 bits per heavy atom. The maximum Gasteiger partial charge on any atom is 0.0408 e. The molecular weight excluding hydrogens is 230 g/mol. The van der Waals surface area contributed by atoms with Gasteiger partial charge in [-0.25, -0.2) is 0 Å². The number of hydrogen-bond acceptors (Lipinski definition) is 1. The summed E-state index contributed by atoms with van der Waals surface area (Å²) in [6.45, 7) is 5.62. The molecule has 1 aromatic carbocycles. The highest BCUT2D eigenvalue weighted by Crippen LogP contribution is 2.27. The molecule has 0 spiro atoms. The van der Waals surface area contributed by atoms with Gasteiger partial charge in [0.05, 0.1) is 0 Å². The SMILES string of the molecule is CCCC(C)CC(CNC)c1cccc(Cl)c1. The van der Waals surface area contributed by atoms with Gasteiger partial charge in [-0.3, -0.25) is 0 Å². The Hall–Kier alpha value is -0.530. The average Bonchev–Trinajstić information content (AvgIpc) is 2.29. The van der Waals surface area contributed by atoms with E-state index in [9.17, 15) is 0 Å². The zero-order chi connectivity index (χ0) is 12.7. The Morgan fingerprint density at radius 2 is 2.12 bits per heavy atom. The number of likely N-dealkylation sites (N-methyl/N-ethyl adjacent to an activating group) is 1. The first-order valence-corrected chi connectivity index (χ1v) is 6.95. The van der Waals surface area contributed by atoms with E-state index in [2.05, 4.69) is 31.3 Å². The minimum atomic E-state index is 0.570. The van der Waals surface area contributed by atoms with Crippen LogP contribution >= 0.6 is 11.6 Å². The highest BCUT2D eigenvalue weighted by Gasteiger charge is 2.14. The number of benzene rings is 1. The van der Waals surface area contributed by atoms with Crippen LogP contribution < -0.4 is 5.32 Å². The van der Waals surface area contributed by atoms with Crippen LogP contribution in [0, 0.1) is 5.92 Å². The molecule has 0 radical (unpaired) electrons. The summed E-state index contributed by atoms with van der Waals surface area (Å²) in [5.41, 5.74) is 1.36. The van der Waals surface area contributed by atoms with Gasteiger partial charge in [0.1, 0.15) is 0 Å². The van der Waals surface area contributed by atoms with Gasteiger partial charge in [0.15, 0.2) is 0 Å². The highest BCUT2D eigenvalue weighted by atomic mass is 35.5. The lowest BCUT2D eigenvalue weighted by atomic mass is 9.87. The molecule has 0 saturated heterocycles. The first-order valence-electron chi connectivity index (χ1n) is 6.57. The molecule has 0 fully saturated rings. The van der Waals surface area contributed by atoms with Crippen molar-refractivity contribution in [3.05, 3.63) is 34.9 Å². The Morgan fingerprint density at radius 1 is 1.35 bits per heavy atom. The van der Waals surface area contributed by atoms with Crippen molar-refractivity contribution in [1.29, 1.82) is 0 Å². The molecule has 0 heterocycles. The zero-order valence-electron chi connectivity index (χ0n) is 11.2. The van der Waals surface area contributed by atoms with Gasteiger partial charge in [-0.15, -0.1) is 0 Å². The number of nitrogens with one attached hydrogen (secondary N) is 1. The summed E-state index contributed by atoms with van der Waals surface area (Å²) in [5.74, 6) is 1.34. The average molecular weight is 254 g/mol. The van der Waals surface area contributed by atoms with Crippen molar-refractivity contribution in [3.63, 3.8) is 0 Å². The topological polar surface area (TPSA) is 12.0 Å². The molecule has 1 rings (SSSR count). The highest BCUT2D eigenvalue weighted by molar-refractivity contribution is 6.30. The van der Waals surface area contributed by atoms with Crippen LogP contribution in [0.15, 0.2) is 24.3 Å². The van der Waals surface area contributed by atoms with Crippen LogP contribution in [0.2, 0.25) is 5.02 Å². The lowest BCUT2D eigenvalue weighted by molar-refractivity contribution is 0.426. The van der Waals surface area contributed by atoms with Crippen molar-refractivity contribution in [3.8, 4) is 0 Å². The van der Waals surface area contributed by atoms with E-state index in [1.165, 1.54) is 24.8 Å². The van der Waals surface area contributed by atoms with Crippen molar-refractivity contribution < 1.29 is 0 Å². The van der Waals surface area contributed by atoms with E-state index in [-0.39, 0.29) is 0 Å². The summed E-state index contributed by atoms with van der Waals surface area (Å²) in [6, 6.07) is 8.27. The van der Waals surface area contributed by atoms with Gasteiger partial charge in [0.2, 0.25) is 0 Å². The predicted octanol–water partition coefficient (Wildman–Crippen LogP) is 4.47. The summed E-state index contributed by atoms with van der Waals surface area (Å²) < 4.78 is 0. The van der Waals surface area contributed by atoms with Gasteiger partial charge in [0, 0.05) is 11.6 Å². The molecule has 2 atom stereocenters. The van der Waals surface area contributed by atoms with Crippen LogP contribution in [0.4, 0.5) is 0 Å². The molecule has 1 aromatic rings. The van der Waals surface area contributed by atoms with Crippen LogP contribution in [0.3, 0.4) is 0 Å². The number of halogens is 1. The fourth-order valence-corrected chi connectivity index (χ4v) is 2.64. The summed E-state index contributed by atoms with van der Waals surface area (Å²) in [4.78, 5) is 0. The largest absolute Gasteiger partial charge is 0.319 e. The second-order valence-electron chi connectivity index (χ2n) is 4.94. The second-order valence-corrected chi connectivity index (χ2v) is 5.38. The molecule has 0 aromatic heterocycles. The molecule has 1 N–H and O–H groups in total. The van der Waals surface area contributed by atoms with E-state index in [0.29, 0.717) is 5.92 Å². The van der Waals surface area contributed by atoms with Crippen molar-refractivity contribution in [2.45, 2.75) is 39.0 Å². The Balaban J connectivity index is 2.71. The molecule has 96 valence electrons. The van der Waals surface area contributed by atoms with Crippen LogP contribution in [-0.4, -0.2) is 13.6 Å². The summed E-state index contributed by atoms with van der Waals surface area (Å²) in [6.07, 6.45) is 3.80. The summed E-state index contributed by atoms with van der Waals surface area (Å²) in [5, 5.41) is 4.13. The third-order valence-electron chi connectivity index (χ3n) is 3.24. The van der Waals surface area contributed by atoms with Crippen molar-refractivity contribution in [2.75, 3.05) is 13.6 Å². The molecule has 0 amide bonds. The molecule has 0 aliphatic rings. The van der Waals surface area contributed by atoms with E-state index in [0.717, 1.165) is 17.5 Å². The Bertz CT molecular complexity index is 324. The number of rotatable bonds is 7. The third-order valence-corrected chi connectivity index (χ3v) is 3.47. The van der Waals surface area contributed by atoms with Gasteiger partial charge >= 0.3 is 0 Å². The lowest BCUT2D eigenvalue weighted by Gasteiger charge is -2.21. The van der Waals surface area contributed by atoms with E-state index < -0.39 is 0 Å². The first-order chi connectivity index (χ1) is 8.17. The molecular formula is C15H24ClN. The Labute approximate surface area is 111 Å². The van der Waals surface area contributed by atoms with E-state index in [1.54, 1.807) is 0 Å². The first kappa shape index (κ1) is 14.5. The van der Waals surface area contributed by atoms with Crippen molar-refractivity contribution in [2.24, 2.45) is 5.92 Å². The summed E-state index contributed by atoms with van der Waals surface area (Å²) in [7, 11) is 2.02. The minimum Gasteiger partial charge on any atom is -0.319 e. The quantitative estimate of drug-likeness (QED) is 0.756. The predicted molar refractivity (Wildman–Crippen MR) is 76.8 cm³/mol. The van der Waals surface area contributed by atoms with Crippen molar-refractivity contribution >= 4 is 11.6 Å². The Kier molecular flexibility index (Phi) is 6.61. The van der Waals surface area contributed by atoms with Gasteiger partial charge in [0.25, 0.3) is 0 Å². The van der Waals surface area contributed by atoms with Crippen LogP contribution in [-0.2, 0) is 0 Å². The van der Waals surface area contributed by atoms with Gasteiger partial charge in [-0.1, -0.05) is 50.4 Å². The molecule has 17 heavy (non-hydrogen) atoms. The van der Waals surface area contributed by atoms with Gasteiger partial charge in [-0.05, 0) is 43.0 Å². The van der Waals surface area contributed by atoms with Gasteiger partial charge in [-0.2, -0.15) is 0 Å². The van der Waals surface area contributed by atoms with Crippen LogP contribution in [0.1, 0.15) is 44.6 Å². The van der Waals surface area contributed by atoms with E-state index in [4.69, 9.17) is 11.6 Å². The maximum atomic E-state index is 6.07. The fourth-order valence-electron chi connectivity index (χ4n) is 2.44. The molecule has 0 aliphatic heterocycles. The van der Waals surface area contributed by atoms with Crippen molar-refractivity contribution in [1.82, 2.24) is 5.32 Å². The molecule has 0 bridgehead atoms. The van der Waals surface area contributed by atoms with E-state index >= 15 is 0 Å². The molecule has 0 saturated carbocycles. The second kappa shape index (κ2) is 7.73. The lowest BCUT2D eigenvalue weighted by Crippen LogP contribution is -2.19. The number of hydrogen-bond donors (Lipinski definition) is 1. The normalized spacial score (nSPS) is 14.6. The summed E-state index contributed by atoms with van der Waals surface area (Å²) >= 11 is 6.07. The minimum absolute atomic E-state index is 0.570. The van der Waals surface area contributed by atoms with Crippen LogP contribution in [0.25, 0.3) is 0 Å². The monoisotopic (exact) mass is 253 g/mol. The molecule has 2 unspecified atom stereocenters. The maximum absolute atomic E-state index is 6.07. The van der Waals surface area contributed by atoms with E-state index in [1.807, 2.05) is 19.2 Å². The third kappa shape index (κ3) is 5.10. The standard InChI is InChI=1S/C15H24ClN/c1-4-6-12(2)9-14(11-17-3)13-7-5-8-15(16)10-13/h5,7-8,10,12,14,17H,4,6,9,11H2,1-3H3. The smallest absolute Gasteiger partial charge is 0.0408 e. The molecule has 1 nitrogen and oxygen atoms in total. The molecule has 2 heteroatoms. The van der Waals surface area contributed by atoms with Crippen LogP contribution in [0.5, 0.6) is 0 Å². The fraction of sp³-hybridized carbons (Fsp3) is 0.600.